The molecule has 1 aliphatic heterocycles. The van der Waals surface area contributed by atoms with Gasteiger partial charge >= 0.3 is 0 Å². The van der Waals surface area contributed by atoms with Gasteiger partial charge in [-0.1, -0.05) is 12.5 Å². The van der Waals surface area contributed by atoms with Gasteiger partial charge in [0.05, 0.1) is 0 Å². The van der Waals surface area contributed by atoms with Crippen LogP contribution < -0.4 is 9.47 Å². The molecule has 1 fully saturated rings. The average molecular weight is 512 g/mol. The van der Waals surface area contributed by atoms with Gasteiger partial charge in [0.15, 0.2) is 0 Å². The van der Waals surface area contributed by atoms with Crippen LogP contribution in [0.15, 0.2) is 72.8 Å². The first-order valence-corrected chi connectivity index (χ1v) is 11.9. The minimum Gasteiger partial charge on any atom is -0.508 e. The number of fused-ring (bicyclic) bond motifs is 1. The molecule has 1 heterocycles. The Morgan fingerprint density at radius 1 is 0.778 bits per heavy atom. The Morgan fingerprint density at radius 2 is 1.50 bits per heavy atom. The number of piperidine rings is 1. The van der Waals surface area contributed by atoms with Crippen molar-refractivity contribution >= 4 is 23.2 Å². The summed E-state index contributed by atoms with van der Waals surface area (Å²) in [5, 5.41) is 11.3. The van der Waals surface area contributed by atoms with Crippen LogP contribution in [0.4, 0.5) is 8.78 Å². The van der Waals surface area contributed by atoms with E-state index < -0.39 is 11.6 Å². The number of ether oxygens (including phenoxy) is 2. The molecule has 1 saturated heterocycles. The third-order valence-electron chi connectivity index (χ3n) is 6.34. The number of hydrogen-bond acceptors (Lipinski definition) is 4. The molecule has 0 aromatic heterocycles. The zero-order valence-electron chi connectivity index (χ0n) is 19.8. The fraction of sp³-hybridized carbons (Fsp3) is 0.241. The quantitative estimate of drug-likeness (QED) is 0.278. The maximum absolute atomic E-state index is 14.7. The molecule has 0 atom stereocenters. The zero-order chi connectivity index (χ0) is 24.2. The van der Waals surface area contributed by atoms with Crippen LogP contribution >= 0.6 is 12.4 Å². The van der Waals surface area contributed by atoms with Crippen LogP contribution in [-0.2, 0) is 0 Å². The summed E-state index contributed by atoms with van der Waals surface area (Å²) in [6, 6.07) is 19.2. The summed E-state index contributed by atoms with van der Waals surface area (Å²) in [6.45, 7) is 3.81. The smallest absolute Gasteiger partial charge is 0.143 e. The predicted molar refractivity (Wildman–Crippen MR) is 141 cm³/mol. The van der Waals surface area contributed by atoms with Gasteiger partial charge in [0.25, 0.3) is 0 Å². The number of phenols is 1. The van der Waals surface area contributed by atoms with E-state index in [-0.39, 0.29) is 23.7 Å². The van der Waals surface area contributed by atoms with Crippen LogP contribution in [0.1, 0.15) is 19.3 Å². The van der Waals surface area contributed by atoms with Gasteiger partial charge in [-0.25, -0.2) is 8.78 Å². The number of rotatable bonds is 7. The molecule has 7 heteroatoms. The highest BCUT2D eigenvalue weighted by molar-refractivity contribution is 5.96. The Kier molecular flexibility index (Phi) is 8.28. The number of nitrogens with zero attached hydrogens (tertiary/aromatic N) is 1. The first-order valence-electron chi connectivity index (χ1n) is 11.9. The molecule has 5 rings (SSSR count). The molecule has 0 saturated carbocycles. The molecule has 36 heavy (non-hydrogen) atoms. The molecule has 1 aliphatic rings. The van der Waals surface area contributed by atoms with Gasteiger partial charge in [0.2, 0.25) is 0 Å². The number of halogens is 3. The summed E-state index contributed by atoms with van der Waals surface area (Å²) in [4.78, 5) is 2.43. The topological polar surface area (TPSA) is 41.9 Å². The average Bonchev–Trinajstić information content (AvgIpc) is 2.86. The van der Waals surface area contributed by atoms with Crippen molar-refractivity contribution in [2.45, 2.75) is 19.3 Å². The molecule has 0 aliphatic carbocycles. The summed E-state index contributed by atoms with van der Waals surface area (Å²) in [7, 11) is 0. The number of hydrogen-bond donors (Lipinski definition) is 1. The first-order chi connectivity index (χ1) is 17.1. The predicted octanol–water partition coefficient (Wildman–Crippen LogP) is 7.57. The van der Waals surface area contributed by atoms with E-state index in [1.165, 1.54) is 31.4 Å². The summed E-state index contributed by atoms with van der Waals surface area (Å²) in [5.41, 5.74) is 0.719. The zero-order valence-corrected chi connectivity index (χ0v) is 20.6. The molecule has 188 valence electrons. The Balaban J connectivity index is 0.00000304. The minimum atomic E-state index is -0.676. The molecule has 0 bridgehead atoms. The molecule has 4 aromatic carbocycles. The lowest BCUT2D eigenvalue weighted by Gasteiger charge is -2.26. The Labute approximate surface area is 215 Å². The second-order valence-corrected chi connectivity index (χ2v) is 8.80. The van der Waals surface area contributed by atoms with Crippen molar-refractivity contribution in [3.05, 3.63) is 84.4 Å². The molecule has 1 N–H and O–H groups in total. The van der Waals surface area contributed by atoms with Crippen molar-refractivity contribution in [2.24, 2.45) is 0 Å². The lowest BCUT2D eigenvalue weighted by molar-refractivity contribution is 0.183. The minimum absolute atomic E-state index is 0. The SMILES string of the molecule is Cl.Oc1ccc2c(Oc3ccc(OCCN4CCCCC4)cc3)c(-c3ccc(F)cc3F)ccc2c1. The molecule has 0 radical (unpaired) electrons. The third-order valence-corrected chi connectivity index (χ3v) is 6.34. The van der Waals surface area contributed by atoms with E-state index in [2.05, 4.69) is 4.90 Å². The van der Waals surface area contributed by atoms with E-state index in [0.29, 0.717) is 29.1 Å². The van der Waals surface area contributed by atoms with Crippen molar-refractivity contribution in [3.63, 3.8) is 0 Å². The Bertz CT molecular complexity index is 1320. The lowest BCUT2D eigenvalue weighted by atomic mass is 9.99. The monoisotopic (exact) mass is 511 g/mol. The fourth-order valence-corrected chi connectivity index (χ4v) is 4.52. The lowest BCUT2D eigenvalue weighted by Crippen LogP contribution is -2.33. The van der Waals surface area contributed by atoms with Crippen LogP contribution in [0.25, 0.3) is 21.9 Å². The Morgan fingerprint density at radius 3 is 2.25 bits per heavy atom. The van der Waals surface area contributed by atoms with Crippen LogP contribution in [0.3, 0.4) is 0 Å². The maximum atomic E-state index is 14.7. The second-order valence-electron chi connectivity index (χ2n) is 8.80. The molecular formula is C29H28ClF2NO3. The molecule has 0 amide bonds. The summed E-state index contributed by atoms with van der Waals surface area (Å²) in [5.74, 6) is 0.530. The summed E-state index contributed by atoms with van der Waals surface area (Å²) < 4.78 is 40.4. The normalized spacial score (nSPS) is 13.8. The molecule has 0 unspecified atom stereocenters. The molecule has 4 nitrogen and oxygen atoms in total. The van der Waals surface area contributed by atoms with Crippen molar-refractivity contribution in [2.75, 3.05) is 26.2 Å². The second kappa shape index (κ2) is 11.6. The highest BCUT2D eigenvalue weighted by Crippen LogP contribution is 2.41. The van der Waals surface area contributed by atoms with Gasteiger partial charge in [-0.05, 0) is 92.0 Å². The van der Waals surface area contributed by atoms with Gasteiger partial charge < -0.3 is 14.6 Å². The van der Waals surface area contributed by atoms with Gasteiger partial charge in [0, 0.05) is 29.1 Å². The van der Waals surface area contributed by atoms with Crippen molar-refractivity contribution < 1.29 is 23.4 Å². The van der Waals surface area contributed by atoms with Crippen molar-refractivity contribution in [3.8, 4) is 34.1 Å². The van der Waals surface area contributed by atoms with Crippen molar-refractivity contribution in [1.82, 2.24) is 4.90 Å². The molecular weight excluding hydrogens is 484 g/mol. The van der Waals surface area contributed by atoms with Crippen LogP contribution in [0.5, 0.6) is 23.0 Å². The number of phenolic OH excluding ortho intramolecular Hbond substituents is 1. The highest BCUT2D eigenvalue weighted by atomic mass is 35.5. The van der Waals surface area contributed by atoms with Crippen LogP contribution in [0, 0.1) is 11.6 Å². The number of likely N-dealkylation sites (tertiary alicyclic amines) is 1. The van der Waals surface area contributed by atoms with E-state index in [4.69, 9.17) is 9.47 Å². The van der Waals surface area contributed by atoms with E-state index >= 15 is 0 Å². The van der Waals surface area contributed by atoms with Gasteiger partial charge in [-0.2, -0.15) is 0 Å². The summed E-state index contributed by atoms with van der Waals surface area (Å²) in [6.07, 6.45) is 3.82. The van der Waals surface area contributed by atoms with Gasteiger partial charge in [-0.15, -0.1) is 12.4 Å². The standard InChI is InChI=1S/C29H27F2NO3.ClH/c30-21-5-12-26(28(31)19-21)27-11-4-20-18-22(33)6-13-25(20)29(27)35-24-9-7-23(8-10-24)34-17-16-32-14-2-1-3-15-32;/h4-13,18-19,33H,1-3,14-17H2;1H. The van der Waals surface area contributed by atoms with Gasteiger partial charge in [-0.3, -0.25) is 4.90 Å². The molecule has 0 spiro atoms. The van der Waals surface area contributed by atoms with Crippen LogP contribution in [0.2, 0.25) is 0 Å². The number of aromatic hydroxyl groups is 1. The first kappa shape index (κ1) is 25.7. The van der Waals surface area contributed by atoms with E-state index in [1.54, 1.807) is 42.5 Å². The Hall–Kier alpha value is -3.35. The third kappa shape index (κ3) is 5.89. The van der Waals surface area contributed by atoms with Gasteiger partial charge in [0.1, 0.15) is 41.2 Å². The highest BCUT2D eigenvalue weighted by Gasteiger charge is 2.16. The van der Waals surface area contributed by atoms with E-state index in [1.807, 2.05) is 12.1 Å². The largest absolute Gasteiger partial charge is 0.508 e. The van der Waals surface area contributed by atoms with E-state index in [0.717, 1.165) is 36.8 Å². The number of benzene rings is 4. The molecule has 4 aromatic rings. The fourth-order valence-electron chi connectivity index (χ4n) is 4.52. The van der Waals surface area contributed by atoms with Crippen molar-refractivity contribution in [1.29, 1.82) is 0 Å². The van der Waals surface area contributed by atoms with E-state index in [9.17, 15) is 13.9 Å². The maximum Gasteiger partial charge on any atom is 0.143 e. The van der Waals surface area contributed by atoms with Crippen LogP contribution in [-0.4, -0.2) is 36.2 Å². The summed E-state index contributed by atoms with van der Waals surface area (Å²) >= 11 is 0.